The molecule has 1 saturated heterocycles. The van der Waals surface area contributed by atoms with Crippen LogP contribution in [-0.4, -0.2) is 42.6 Å². The average molecular weight is 333 g/mol. The average Bonchev–Trinajstić information content (AvgIpc) is 2.97. The summed E-state index contributed by atoms with van der Waals surface area (Å²) in [6.07, 6.45) is 0.367. The second-order valence-corrected chi connectivity index (χ2v) is 7.10. The van der Waals surface area contributed by atoms with Crippen LogP contribution >= 0.6 is 0 Å². The molecular formula is C15H22F3N3O2. The normalized spacial score (nSPS) is 34.1. The molecule has 3 rings (SSSR count). The van der Waals surface area contributed by atoms with Crippen LogP contribution in [0.2, 0.25) is 0 Å². The number of urea groups is 1. The second-order valence-electron chi connectivity index (χ2n) is 7.10. The van der Waals surface area contributed by atoms with E-state index in [-0.39, 0.29) is 6.54 Å². The Morgan fingerprint density at radius 3 is 2.39 bits per heavy atom. The van der Waals surface area contributed by atoms with E-state index in [4.69, 9.17) is 5.73 Å². The fraction of sp³-hybridized carbons (Fsp3) is 0.867. The van der Waals surface area contributed by atoms with Crippen molar-refractivity contribution >= 4 is 11.9 Å². The van der Waals surface area contributed by atoms with Gasteiger partial charge in [0.05, 0.1) is 11.8 Å². The Kier molecular flexibility index (Phi) is 4.18. The Morgan fingerprint density at radius 2 is 1.91 bits per heavy atom. The molecule has 8 heteroatoms. The minimum atomic E-state index is -4.53. The number of hydrogen-bond donors (Lipinski definition) is 2. The molecule has 5 nitrogen and oxygen atoms in total. The fourth-order valence-electron chi connectivity index (χ4n) is 3.87. The van der Waals surface area contributed by atoms with Crippen molar-refractivity contribution in [1.29, 1.82) is 0 Å². The van der Waals surface area contributed by atoms with Gasteiger partial charge in [0, 0.05) is 19.6 Å². The summed E-state index contributed by atoms with van der Waals surface area (Å²) in [5.41, 5.74) is 5.06. The fourth-order valence-corrected chi connectivity index (χ4v) is 3.87. The molecule has 4 atom stereocenters. The van der Waals surface area contributed by atoms with Crippen LogP contribution in [0.3, 0.4) is 0 Å². The molecule has 0 radical (unpaired) electrons. The molecule has 0 spiro atoms. The van der Waals surface area contributed by atoms with Crippen LogP contribution in [0.5, 0.6) is 0 Å². The minimum Gasteiger partial charge on any atom is -0.369 e. The van der Waals surface area contributed by atoms with E-state index in [0.717, 1.165) is 17.2 Å². The molecule has 130 valence electrons. The van der Waals surface area contributed by atoms with Gasteiger partial charge in [-0.05, 0) is 24.2 Å². The van der Waals surface area contributed by atoms with E-state index in [1.54, 1.807) is 0 Å². The maximum atomic E-state index is 13.0. The number of primary amides is 1. The van der Waals surface area contributed by atoms with Crippen molar-refractivity contribution in [3.05, 3.63) is 0 Å². The number of carbonyl (C=O) groups is 2. The molecule has 3 N–H and O–H groups in total. The highest BCUT2D eigenvalue weighted by atomic mass is 19.4. The summed E-state index contributed by atoms with van der Waals surface area (Å²) in [6, 6.07) is -0.526. The Balaban J connectivity index is 1.49. The van der Waals surface area contributed by atoms with Crippen LogP contribution in [0.1, 0.15) is 25.7 Å². The van der Waals surface area contributed by atoms with Crippen molar-refractivity contribution < 1.29 is 22.8 Å². The smallest absolute Gasteiger partial charge is 0.369 e. The van der Waals surface area contributed by atoms with Crippen molar-refractivity contribution in [3.63, 3.8) is 0 Å². The highest BCUT2D eigenvalue weighted by Gasteiger charge is 2.53. The zero-order valence-electron chi connectivity index (χ0n) is 12.8. The minimum absolute atomic E-state index is 0.262. The van der Waals surface area contributed by atoms with Gasteiger partial charge in [-0.25, -0.2) is 4.79 Å². The number of rotatable bonds is 4. The van der Waals surface area contributed by atoms with Crippen molar-refractivity contribution in [1.82, 2.24) is 10.2 Å². The summed E-state index contributed by atoms with van der Waals surface area (Å²) in [7, 11) is 0. The topological polar surface area (TPSA) is 75.4 Å². The Bertz CT molecular complexity index is 493. The number of nitrogens with one attached hydrogen (secondary N) is 1. The lowest BCUT2D eigenvalue weighted by Crippen LogP contribution is -2.40. The number of nitrogens with zero attached hydrogens (tertiary/aromatic N) is 1. The van der Waals surface area contributed by atoms with E-state index in [2.05, 4.69) is 5.32 Å². The van der Waals surface area contributed by atoms with Gasteiger partial charge in [0.25, 0.3) is 0 Å². The zero-order valence-corrected chi connectivity index (χ0v) is 12.8. The maximum absolute atomic E-state index is 13.0. The first kappa shape index (κ1) is 16.4. The monoisotopic (exact) mass is 333 g/mol. The number of amides is 3. The Labute approximate surface area is 132 Å². The third kappa shape index (κ3) is 3.40. The van der Waals surface area contributed by atoms with E-state index in [0.29, 0.717) is 18.4 Å². The van der Waals surface area contributed by atoms with Gasteiger partial charge in [-0.1, -0.05) is 19.3 Å². The van der Waals surface area contributed by atoms with Gasteiger partial charge in [0.2, 0.25) is 5.91 Å². The SMILES string of the molecule is NC(=O)[C@@H]1CN(C(=O)NC[C@@H]2C[C@H]2C2CCC2)C[C@H]1C(F)(F)F. The predicted molar refractivity (Wildman–Crippen MR) is 76.1 cm³/mol. The maximum Gasteiger partial charge on any atom is 0.394 e. The van der Waals surface area contributed by atoms with Crippen LogP contribution in [0.4, 0.5) is 18.0 Å². The molecule has 23 heavy (non-hydrogen) atoms. The van der Waals surface area contributed by atoms with Gasteiger partial charge in [-0.3, -0.25) is 4.79 Å². The summed E-state index contributed by atoms with van der Waals surface area (Å²) < 4.78 is 38.9. The molecule has 2 saturated carbocycles. The van der Waals surface area contributed by atoms with Crippen LogP contribution in [0.15, 0.2) is 0 Å². The number of carbonyl (C=O) groups excluding carboxylic acids is 2. The van der Waals surface area contributed by atoms with E-state index in [1.807, 2.05) is 0 Å². The van der Waals surface area contributed by atoms with E-state index < -0.39 is 36.5 Å². The number of halogens is 3. The van der Waals surface area contributed by atoms with Crippen LogP contribution in [-0.2, 0) is 4.79 Å². The van der Waals surface area contributed by atoms with E-state index >= 15 is 0 Å². The third-order valence-electron chi connectivity index (χ3n) is 5.64. The predicted octanol–water partition coefficient (Wildman–Crippen LogP) is 1.73. The number of likely N-dealkylation sites (tertiary alicyclic amines) is 1. The molecule has 1 aliphatic heterocycles. The van der Waals surface area contributed by atoms with Gasteiger partial charge >= 0.3 is 12.2 Å². The Morgan fingerprint density at radius 1 is 1.22 bits per heavy atom. The van der Waals surface area contributed by atoms with Gasteiger partial charge in [0.1, 0.15) is 0 Å². The molecule has 2 aliphatic carbocycles. The summed E-state index contributed by atoms with van der Waals surface area (Å²) in [5.74, 6) is -2.33. The molecule has 1 heterocycles. The molecule has 0 bridgehead atoms. The van der Waals surface area contributed by atoms with E-state index in [1.165, 1.54) is 19.3 Å². The van der Waals surface area contributed by atoms with Gasteiger partial charge in [-0.2, -0.15) is 13.2 Å². The second kappa shape index (κ2) is 5.87. The molecule has 3 fully saturated rings. The molecular weight excluding hydrogens is 311 g/mol. The van der Waals surface area contributed by atoms with Gasteiger partial charge in [0.15, 0.2) is 0 Å². The van der Waals surface area contributed by atoms with Gasteiger partial charge in [-0.15, -0.1) is 0 Å². The van der Waals surface area contributed by atoms with Gasteiger partial charge < -0.3 is 16.0 Å². The third-order valence-corrected chi connectivity index (χ3v) is 5.64. The molecule has 0 unspecified atom stereocenters. The van der Waals surface area contributed by atoms with E-state index in [9.17, 15) is 22.8 Å². The lowest BCUT2D eigenvalue weighted by Gasteiger charge is -2.25. The highest BCUT2D eigenvalue weighted by molar-refractivity contribution is 5.80. The number of alkyl halides is 3. The molecule has 3 aliphatic rings. The van der Waals surface area contributed by atoms with Crippen molar-refractivity contribution in [3.8, 4) is 0 Å². The molecule has 0 aromatic heterocycles. The quantitative estimate of drug-likeness (QED) is 0.822. The van der Waals surface area contributed by atoms with Crippen molar-refractivity contribution in [2.75, 3.05) is 19.6 Å². The zero-order chi connectivity index (χ0) is 16.8. The summed E-state index contributed by atoms with van der Waals surface area (Å²) in [4.78, 5) is 24.4. The molecule has 3 amide bonds. The number of nitrogens with two attached hydrogens (primary N) is 1. The standard InChI is InChI=1S/C15H22F3N3O2/c16-15(17,18)12-7-21(6-11(12)13(19)22)14(23)20-5-9-4-10(9)8-2-1-3-8/h8-12H,1-7H2,(H2,19,22)(H,20,23)/t9-,10-,11+,12+/m0/s1. The largest absolute Gasteiger partial charge is 0.394 e. The van der Waals surface area contributed by atoms with Crippen LogP contribution in [0, 0.1) is 29.6 Å². The van der Waals surface area contributed by atoms with Crippen LogP contribution in [0.25, 0.3) is 0 Å². The number of hydrogen-bond acceptors (Lipinski definition) is 2. The Hall–Kier alpha value is -1.47. The molecule has 0 aromatic rings. The lowest BCUT2D eigenvalue weighted by atomic mass is 9.81. The molecule has 0 aromatic carbocycles. The van der Waals surface area contributed by atoms with Crippen molar-refractivity contribution in [2.24, 2.45) is 35.3 Å². The first-order valence-corrected chi connectivity index (χ1v) is 8.16. The first-order chi connectivity index (χ1) is 10.8. The summed E-state index contributed by atoms with van der Waals surface area (Å²) in [6.45, 7) is -0.254. The highest BCUT2D eigenvalue weighted by Crippen LogP contribution is 2.51. The van der Waals surface area contributed by atoms with Crippen molar-refractivity contribution in [2.45, 2.75) is 31.9 Å². The summed E-state index contributed by atoms with van der Waals surface area (Å²) >= 11 is 0. The lowest BCUT2D eigenvalue weighted by molar-refractivity contribution is -0.182. The van der Waals surface area contributed by atoms with Crippen LogP contribution < -0.4 is 11.1 Å². The first-order valence-electron chi connectivity index (χ1n) is 8.16. The summed E-state index contributed by atoms with van der Waals surface area (Å²) in [5, 5.41) is 2.72.